The molecule has 0 bridgehead atoms. The highest BCUT2D eigenvalue weighted by Gasteiger charge is 2.21. The van der Waals surface area contributed by atoms with E-state index in [9.17, 15) is 9.46 Å². The van der Waals surface area contributed by atoms with Crippen LogP contribution in [0.4, 0.5) is 11.4 Å². The molecule has 0 aliphatic rings. The molecule has 0 saturated heterocycles. The number of hydrogen-bond donors (Lipinski definition) is 1. The largest absolute Gasteiger partial charge is 0.494 e. The maximum Gasteiger partial charge on any atom is 0.472 e. The first-order valence-corrected chi connectivity index (χ1v) is 12.7. The summed E-state index contributed by atoms with van der Waals surface area (Å²) in [6.07, 6.45) is 3.36. The number of unbranched alkanes of at least 4 members (excludes halogenated alkanes) is 3. The number of ether oxygens (including phenoxy) is 1. The van der Waals surface area contributed by atoms with Crippen LogP contribution in [-0.2, 0) is 13.6 Å². The van der Waals surface area contributed by atoms with Crippen molar-refractivity contribution in [2.24, 2.45) is 10.2 Å². The third-order valence-electron chi connectivity index (χ3n) is 4.69. The van der Waals surface area contributed by atoms with E-state index in [4.69, 9.17) is 19.0 Å². The fourth-order valence-corrected chi connectivity index (χ4v) is 3.47. The standard InChI is InChI=1S/C24H33N4O5P/c1-28(2,3)16-19-33-34(29,30)32-18-7-5-4-6-17-31-24-14-12-23(13-15-24)27-26-22-10-8-21(20-25)9-11-22/h8-15H,4-7,16-19H2,1-3H3/p+1. The van der Waals surface area contributed by atoms with E-state index in [-0.39, 0.29) is 13.2 Å². The van der Waals surface area contributed by atoms with Crippen molar-refractivity contribution in [2.75, 3.05) is 47.5 Å². The van der Waals surface area contributed by atoms with E-state index < -0.39 is 7.82 Å². The second-order valence-electron chi connectivity index (χ2n) is 8.76. The van der Waals surface area contributed by atoms with Crippen molar-refractivity contribution in [1.82, 2.24) is 0 Å². The lowest BCUT2D eigenvalue weighted by atomic mass is 10.2. The topological polar surface area (TPSA) is 114 Å². The van der Waals surface area contributed by atoms with Gasteiger partial charge in [-0.3, -0.25) is 9.05 Å². The molecule has 0 heterocycles. The van der Waals surface area contributed by atoms with Crippen molar-refractivity contribution < 1.29 is 27.7 Å². The van der Waals surface area contributed by atoms with Crippen LogP contribution in [0.1, 0.15) is 31.2 Å². The first-order valence-electron chi connectivity index (χ1n) is 11.2. The molecule has 0 aromatic heterocycles. The summed E-state index contributed by atoms with van der Waals surface area (Å²) >= 11 is 0. The van der Waals surface area contributed by atoms with Gasteiger partial charge >= 0.3 is 7.82 Å². The van der Waals surface area contributed by atoms with Crippen molar-refractivity contribution in [3.63, 3.8) is 0 Å². The number of hydrogen-bond acceptors (Lipinski definition) is 7. The molecular weight excluding hydrogens is 455 g/mol. The Morgan fingerprint density at radius 2 is 1.38 bits per heavy atom. The molecule has 2 aromatic rings. The number of rotatable bonds is 15. The summed E-state index contributed by atoms with van der Waals surface area (Å²) < 4.78 is 28.2. The third-order valence-corrected chi connectivity index (χ3v) is 5.71. The first kappa shape index (κ1) is 27.6. The Balaban J connectivity index is 1.56. The summed E-state index contributed by atoms with van der Waals surface area (Å²) in [6.45, 7) is 1.58. The summed E-state index contributed by atoms with van der Waals surface area (Å²) in [7, 11) is 1.98. The van der Waals surface area contributed by atoms with Gasteiger partial charge in [0.1, 0.15) is 18.9 Å². The number of nitrogens with zero attached hydrogens (tertiary/aromatic N) is 4. The van der Waals surface area contributed by atoms with Gasteiger partial charge in [-0.1, -0.05) is 6.42 Å². The van der Waals surface area contributed by atoms with E-state index in [2.05, 4.69) is 16.3 Å². The predicted octanol–water partition coefficient (Wildman–Crippen LogP) is 5.75. The lowest BCUT2D eigenvalue weighted by Gasteiger charge is -2.24. The number of phosphoric ester groups is 1. The van der Waals surface area contributed by atoms with Crippen LogP contribution in [0.3, 0.4) is 0 Å². The molecule has 0 saturated carbocycles. The molecule has 0 aliphatic heterocycles. The van der Waals surface area contributed by atoms with Crippen molar-refractivity contribution in [3.05, 3.63) is 54.1 Å². The van der Waals surface area contributed by atoms with Crippen molar-refractivity contribution >= 4 is 19.2 Å². The molecule has 1 unspecified atom stereocenters. The molecule has 34 heavy (non-hydrogen) atoms. The number of likely N-dealkylation sites (N-methyl/N-ethyl adjacent to an activating group) is 1. The van der Waals surface area contributed by atoms with E-state index in [0.29, 0.717) is 41.0 Å². The number of azo groups is 1. The van der Waals surface area contributed by atoms with Gasteiger partial charge in [0.2, 0.25) is 0 Å². The smallest absolute Gasteiger partial charge is 0.472 e. The third kappa shape index (κ3) is 12.0. The SMILES string of the molecule is C[N+](C)(C)CCOP(=O)(O)OCCCCCCOc1ccc(N=Nc2ccc(C#N)cc2)cc1. The van der Waals surface area contributed by atoms with Crippen molar-refractivity contribution in [3.8, 4) is 11.8 Å². The van der Waals surface area contributed by atoms with Gasteiger partial charge in [-0.2, -0.15) is 15.5 Å². The van der Waals surface area contributed by atoms with Crippen LogP contribution in [0.25, 0.3) is 0 Å². The quantitative estimate of drug-likeness (QED) is 0.147. The Morgan fingerprint density at radius 1 is 0.853 bits per heavy atom. The van der Waals surface area contributed by atoms with Gasteiger partial charge in [0.15, 0.2) is 0 Å². The van der Waals surface area contributed by atoms with Crippen LogP contribution in [0.15, 0.2) is 58.8 Å². The second kappa shape index (κ2) is 14.0. The molecule has 2 rings (SSSR count). The monoisotopic (exact) mass is 489 g/mol. The highest BCUT2D eigenvalue weighted by atomic mass is 31.2. The van der Waals surface area contributed by atoms with E-state index in [1.165, 1.54) is 0 Å². The molecule has 0 aliphatic carbocycles. The molecule has 0 fully saturated rings. The minimum absolute atomic E-state index is 0.176. The van der Waals surface area contributed by atoms with Gasteiger partial charge < -0.3 is 14.1 Å². The number of nitriles is 1. The molecule has 0 radical (unpaired) electrons. The zero-order valence-electron chi connectivity index (χ0n) is 20.1. The van der Waals surface area contributed by atoms with E-state index in [1.54, 1.807) is 24.3 Å². The lowest BCUT2D eigenvalue weighted by Crippen LogP contribution is -2.37. The molecular formula is C24H34N4O5P+. The minimum Gasteiger partial charge on any atom is -0.494 e. The van der Waals surface area contributed by atoms with Crippen LogP contribution >= 0.6 is 7.82 Å². The van der Waals surface area contributed by atoms with E-state index in [1.807, 2.05) is 45.4 Å². The van der Waals surface area contributed by atoms with Crippen LogP contribution in [0.2, 0.25) is 0 Å². The van der Waals surface area contributed by atoms with E-state index in [0.717, 1.165) is 25.0 Å². The molecule has 0 amide bonds. The Morgan fingerprint density at radius 3 is 1.94 bits per heavy atom. The first-order chi connectivity index (χ1) is 16.2. The van der Waals surface area contributed by atoms with Crippen LogP contribution in [0, 0.1) is 11.3 Å². The molecule has 1 atom stereocenters. The average molecular weight is 490 g/mol. The summed E-state index contributed by atoms with van der Waals surface area (Å²) in [5.74, 6) is 0.757. The Hall–Kier alpha value is -2.60. The average Bonchev–Trinajstić information content (AvgIpc) is 2.79. The van der Waals surface area contributed by atoms with Crippen molar-refractivity contribution in [1.29, 1.82) is 5.26 Å². The Kier molecular flexibility index (Phi) is 11.3. The Bertz CT molecular complexity index is 982. The maximum atomic E-state index is 11.8. The summed E-state index contributed by atoms with van der Waals surface area (Å²) in [5, 5.41) is 17.2. The highest BCUT2D eigenvalue weighted by molar-refractivity contribution is 7.47. The maximum absolute atomic E-state index is 11.8. The molecule has 2 aromatic carbocycles. The van der Waals surface area contributed by atoms with Gasteiger partial charge in [-0.15, -0.1) is 0 Å². The van der Waals surface area contributed by atoms with Gasteiger partial charge in [0, 0.05) is 0 Å². The van der Waals surface area contributed by atoms with Crippen LogP contribution < -0.4 is 4.74 Å². The number of quaternary nitrogens is 1. The predicted molar refractivity (Wildman–Crippen MR) is 130 cm³/mol. The molecule has 184 valence electrons. The normalized spacial score (nSPS) is 13.5. The summed E-state index contributed by atoms with van der Waals surface area (Å²) in [6, 6.07) is 16.3. The van der Waals surface area contributed by atoms with Crippen molar-refractivity contribution in [2.45, 2.75) is 25.7 Å². The summed E-state index contributed by atoms with van der Waals surface area (Å²) in [5.41, 5.74) is 1.97. The van der Waals surface area contributed by atoms with Gasteiger partial charge in [-0.05, 0) is 67.8 Å². The van der Waals surface area contributed by atoms with Gasteiger partial charge in [0.25, 0.3) is 0 Å². The molecule has 10 heteroatoms. The number of benzene rings is 2. The minimum atomic E-state index is -3.97. The summed E-state index contributed by atoms with van der Waals surface area (Å²) in [4.78, 5) is 9.67. The Labute approximate surface area is 201 Å². The fraction of sp³-hybridized carbons (Fsp3) is 0.458. The van der Waals surface area contributed by atoms with Gasteiger partial charge in [-0.25, -0.2) is 4.57 Å². The molecule has 1 N–H and O–H groups in total. The molecule has 9 nitrogen and oxygen atoms in total. The highest BCUT2D eigenvalue weighted by Crippen LogP contribution is 2.43. The number of phosphoric acid groups is 1. The second-order valence-corrected chi connectivity index (χ2v) is 10.2. The molecule has 0 spiro atoms. The lowest BCUT2D eigenvalue weighted by molar-refractivity contribution is -0.870. The van der Waals surface area contributed by atoms with Crippen LogP contribution in [-0.4, -0.2) is 56.9 Å². The van der Waals surface area contributed by atoms with Gasteiger partial charge in [0.05, 0.1) is 57.4 Å². The van der Waals surface area contributed by atoms with Crippen LogP contribution in [0.5, 0.6) is 5.75 Å². The van der Waals surface area contributed by atoms with E-state index >= 15 is 0 Å². The zero-order chi connectivity index (χ0) is 24.9. The fourth-order valence-electron chi connectivity index (χ4n) is 2.72. The zero-order valence-corrected chi connectivity index (χ0v) is 21.0.